The van der Waals surface area contributed by atoms with Crippen molar-refractivity contribution in [2.24, 2.45) is 40.2 Å². The topological polar surface area (TPSA) is 113 Å². The number of aliphatic hydroxyl groups excluding tert-OH is 1. The van der Waals surface area contributed by atoms with Crippen LogP contribution in [0.25, 0.3) is 0 Å². The van der Waals surface area contributed by atoms with Gasteiger partial charge in [-0.05, 0) is 112 Å². The van der Waals surface area contributed by atoms with Crippen molar-refractivity contribution in [1.29, 1.82) is 0 Å². The SMILES string of the molecule is CCCCN(CCCC)CC(O)CC(=O)O[C@H]1CC[C@@]2(C)[C@H](CC[C@@H]3[C@@H]2CC[C@]2(C)[C@@H](C(=O)O)CC[C@]32N)C1. The van der Waals surface area contributed by atoms with E-state index in [2.05, 4.69) is 32.6 Å². The van der Waals surface area contributed by atoms with E-state index in [1.54, 1.807) is 0 Å². The minimum Gasteiger partial charge on any atom is -0.481 e. The van der Waals surface area contributed by atoms with Crippen molar-refractivity contribution < 1.29 is 24.5 Å². The molecule has 7 nitrogen and oxygen atoms in total. The molecule has 0 aromatic carbocycles. The summed E-state index contributed by atoms with van der Waals surface area (Å²) >= 11 is 0. The van der Waals surface area contributed by atoms with E-state index in [4.69, 9.17) is 10.5 Å². The summed E-state index contributed by atoms with van der Waals surface area (Å²) in [5, 5.41) is 20.6. The fourth-order valence-electron chi connectivity index (χ4n) is 9.64. The molecule has 4 saturated carbocycles. The Kier molecular flexibility index (Phi) is 9.75. The molecule has 4 aliphatic carbocycles. The molecule has 0 aromatic rings. The molecule has 1 unspecified atom stereocenters. The third kappa shape index (κ3) is 5.92. The van der Waals surface area contributed by atoms with Crippen molar-refractivity contribution in [1.82, 2.24) is 4.90 Å². The molecule has 4 N–H and O–H groups in total. The van der Waals surface area contributed by atoms with Gasteiger partial charge in [0.1, 0.15) is 6.10 Å². The van der Waals surface area contributed by atoms with Gasteiger partial charge in [0, 0.05) is 12.1 Å². The van der Waals surface area contributed by atoms with Gasteiger partial charge in [0.2, 0.25) is 0 Å². The number of ether oxygens (including phenoxy) is 1. The minimum absolute atomic E-state index is 0.0664. The van der Waals surface area contributed by atoms with Crippen LogP contribution in [-0.4, -0.2) is 64.4 Å². The Labute approximate surface area is 236 Å². The van der Waals surface area contributed by atoms with Gasteiger partial charge in [-0.2, -0.15) is 0 Å². The number of carbonyl (C=O) groups excluding carboxylic acids is 1. The number of fused-ring (bicyclic) bond motifs is 5. The highest BCUT2D eigenvalue weighted by Crippen LogP contribution is 2.68. The van der Waals surface area contributed by atoms with E-state index in [9.17, 15) is 19.8 Å². The largest absolute Gasteiger partial charge is 0.481 e. The molecule has 0 radical (unpaired) electrons. The lowest BCUT2D eigenvalue weighted by Crippen LogP contribution is -2.66. The van der Waals surface area contributed by atoms with Crippen molar-refractivity contribution >= 4 is 11.9 Å². The van der Waals surface area contributed by atoms with Crippen LogP contribution in [-0.2, 0) is 14.3 Å². The van der Waals surface area contributed by atoms with Crippen LogP contribution >= 0.6 is 0 Å². The minimum atomic E-state index is -0.686. The van der Waals surface area contributed by atoms with Crippen LogP contribution in [0, 0.1) is 34.5 Å². The van der Waals surface area contributed by atoms with Crippen LogP contribution in [0.1, 0.15) is 118 Å². The monoisotopic (exact) mass is 548 g/mol. The summed E-state index contributed by atoms with van der Waals surface area (Å²) in [6, 6.07) is 0. The predicted molar refractivity (Wildman–Crippen MR) is 153 cm³/mol. The first kappa shape index (κ1) is 30.8. The molecule has 4 fully saturated rings. The molecular weight excluding hydrogens is 492 g/mol. The first-order valence-electron chi connectivity index (χ1n) is 16.1. The molecule has 9 atom stereocenters. The van der Waals surface area contributed by atoms with Crippen LogP contribution in [0.2, 0.25) is 0 Å². The Hall–Kier alpha value is -1.18. The van der Waals surface area contributed by atoms with Crippen molar-refractivity contribution in [2.75, 3.05) is 19.6 Å². The number of nitrogens with two attached hydrogens (primary N) is 1. The second-order valence-electron chi connectivity index (χ2n) is 14.2. The number of esters is 1. The second kappa shape index (κ2) is 12.4. The molecule has 4 rings (SSSR count). The average molecular weight is 549 g/mol. The van der Waals surface area contributed by atoms with Crippen molar-refractivity contribution in [3.05, 3.63) is 0 Å². The fraction of sp³-hybridized carbons (Fsp3) is 0.938. The Bertz CT molecular complexity index is 859. The number of carbonyl (C=O) groups is 2. The van der Waals surface area contributed by atoms with E-state index < -0.39 is 17.6 Å². The zero-order valence-electron chi connectivity index (χ0n) is 25.1. The molecule has 4 aliphatic rings. The lowest BCUT2D eigenvalue weighted by Gasteiger charge is -2.64. The van der Waals surface area contributed by atoms with Gasteiger partial charge in [0.05, 0.1) is 18.4 Å². The van der Waals surface area contributed by atoms with E-state index in [0.717, 1.165) is 90.1 Å². The number of unbranched alkanes of at least 4 members (excludes halogenated alkanes) is 2. The Morgan fingerprint density at radius 3 is 2.31 bits per heavy atom. The van der Waals surface area contributed by atoms with E-state index in [-0.39, 0.29) is 35.2 Å². The first-order chi connectivity index (χ1) is 18.5. The third-order valence-electron chi connectivity index (χ3n) is 12.1. The standard InChI is InChI=1S/C32H56N2O5/c1-5-7-17-34(18-8-6-2)21-23(35)20-28(36)39-24-11-14-30(3)22(19-24)9-10-26-25(30)12-15-31(4)27(29(37)38)13-16-32(26,31)33/h22-27,35H,5-21,33H2,1-4H3,(H,37,38)/t22-,23?,24+,25+,26-,27-,30+,31-,32+/m1/s1. The van der Waals surface area contributed by atoms with Gasteiger partial charge in [-0.15, -0.1) is 0 Å². The molecule has 0 saturated heterocycles. The maximum absolute atomic E-state index is 12.8. The molecule has 39 heavy (non-hydrogen) atoms. The summed E-state index contributed by atoms with van der Waals surface area (Å²) in [5.74, 6) is 0.112. The highest BCUT2D eigenvalue weighted by Gasteiger charge is 2.67. The van der Waals surface area contributed by atoms with Gasteiger partial charge in [-0.25, -0.2) is 0 Å². The highest BCUT2D eigenvalue weighted by molar-refractivity contribution is 5.72. The Balaban J connectivity index is 1.32. The molecule has 0 heterocycles. The summed E-state index contributed by atoms with van der Waals surface area (Å²) in [4.78, 5) is 27.2. The van der Waals surface area contributed by atoms with Gasteiger partial charge in [0.25, 0.3) is 0 Å². The number of hydrogen-bond donors (Lipinski definition) is 3. The Morgan fingerprint density at radius 1 is 0.974 bits per heavy atom. The van der Waals surface area contributed by atoms with Crippen LogP contribution in [0.5, 0.6) is 0 Å². The van der Waals surface area contributed by atoms with Crippen LogP contribution in [0.4, 0.5) is 0 Å². The summed E-state index contributed by atoms with van der Waals surface area (Å²) in [6.45, 7) is 11.4. The predicted octanol–water partition coefficient (Wildman–Crippen LogP) is 5.38. The molecule has 0 spiro atoms. The first-order valence-corrected chi connectivity index (χ1v) is 16.1. The summed E-state index contributed by atoms with van der Waals surface area (Å²) in [6.07, 6.45) is 12.1. The third-order valence-corrected chi connectivity index (χ3v) is 12.1. The van der Waals surface area contributed by atoms with Gasteiger partial charge in [-0.3, -0.25) is 9.59 Å². The summed E-state index contributed by atoms with van der Waals surface area (Å²) in [7, 11) is 0. The molecular formula is C32H56N2O5. The van der Waals surface area contributed by atoms with Crippen molar-refractivity contribution in [3.63, 3.8) is 0 Å². The van der Waals surface area contributed by atoms with Gasteiger partial charge >= 0.3 is 11.9 Å². The van der Waals surface area contributed by atoms with Crippen molar-refractivity contribution in [3.8, 4) is 0 Å². The summed E-state index contributed by atoms with van der Waals surface area (Å²) in [5.41, 5.74) is 6.68. The molecule has 7 heteroatoms. The van der Waals surface area contributed by atoms with E-state index in [1.165, 1.54) is 0 Å². The molecule has 224 valence electrons. The normalized spacial score (nSPS) is 40.4. The van der Waals surface area contributed by atoms with E-state index in [0.29, 0.717) is 30.7 Å². The zero-order valence-corrected chi connectivity index (χ0v) is 25.1. The number of aliphatic carboxylic acids is 1. The maximum atomic E-state index is 12.8. The summed E-state index contributed by atoms with van der Waals surface area (Å²) < 4.78 is 5.97. The second-order valence-corrected chi connectivity index (χ2v) is 14.2. The van der Waals surface area contributed by atoms with Gasteiger partial charge in [-0.1, -0.05) is 40.5 Å². The average Bonchev–Trinajstić information content (AvgIpc) is 3.17. The van der Waals surface area contributed by atoms with Gasteiger partial charge < -0.3 is 25.6 Å². The molecule has 0 bridgehead atoms. The maximum Gasteiger partial charge on any atom is 0.308 e. The highest BCUT2D eigenvalue weighted by atomic mass is 16.5. The fourth-order valence-corrected chi connectivity index (χ4v) is 9.64. The lowest BCUT2D eigenvalue weighted by atomic mass is 9.42. The van der Waals surface area contributed by atoms with E-state index >= 15 is 0 Å². The number of carboxylic acid groups (broad SMARTS) is 1. The zero-order chi connectivity index (χ0) is 28.4. The van der Waals surface area contributed by atoms with Crippen LogP contribution in [0.3, 0.4) is 0 Å². The van der Waals surface area contributed by atoms with Crippen LogP contribution < -0.4 is 5.73 Å². The number of rotatable bonds is 12. The lowest BCUT2D eigenvalue weighted by molar-refractivity contribution is -0.169. The number of aliphatic hydroxyl groups is 1. The van der Waals surface area contributed by atoms with E-state index in [1.807, 2.05) is 0 Å². The smallest absolute Gasteiger partial charge is 0.308 e. The Morgan fingerprint density at radius 2 is 1.67 bits per heavy atom. The van der Waals surface area contributed by atoms with Crippen molar-refractivity contribution in [2.45, 2.75) is 135 Å². The van der Waals surface area contributed by atoms with Gasteiger partial charge in [0.15, 0.2) is 0 Å². The molecule has 0 amide bonds. The molecule has 0 aliphatic heterocycles. The number of hydrogen-bond acceptors (Lipinski definition) is 6. The number of carboxylic acids is 1. The quantitative estimate of drug-likeness (QED) is 0.281. The molecule has 0 aromatic heterocycles. The van der Waals surface area contributed by atoms with Crippen LogP contribution in [0.15, 0.2) is 0 Å². The number of nitrogens with zero attached hydrogens (tertiary/aromatic N) is 1.